The monoisotopic (exact) mass is 358 g/mol. The third kappa shape index (κ3) is 9.54. The van der Waals surface area contributed by atoms with E-state index in [2.05, 4.69) is 53.7 Å². The Balaban J connectivity index is -0.000000121. The Morgan fingerprint density at radius 1 is 0.947 bits per heavy atom. The van der Waals surface area contributed by atoms with Crippen molar-refractivity contribution >= 4 is 7.05 Å². The Labute approximate surface area is 147 Å². The standard InChI is InChI=1S/C9H22NP.C5H5.2ClH.Ti/c1-7(2)11(10,8(3)4)9(5)6;1-2-4-5-3-1;;;/h7-10H,1-6H3;1-3H,4H2;2*1H;/q;-1;;;+3/p-2. The van der Waals surface area contributed by atoms with Gasteiger partial charge in [-0.25, -0.2) is 12.2 Å². The molecule has 1 nitrogen and oxygen atoms in total. The van der Waals surface area contributed by atoms with E-state index in [0.717, 1.165) is 6.42 Å². The average molecular weight is 359 g/mol. The quantitative estimate of drug-likeness (QED) is 0.392. The van der Waals surface area contributed by atoms with Crippen molar-refractivity contribution in [2.24, 2.45) is 0 Å². The molecule has 0 heterocycles. The molecule has 0 aromatic carbocycles. The summed E-state index contributed by atoms with van der Waals surface area (Å²) < 4.78 is 0. The van der Waals surface area contributed by atoms with Crippen LogP contribution in [0.5, 0.6) is 0 Å². The van der Waals surface area contributed by atoms with Crippen molar-refractivity contribution in [2.45, 2.75) is 64.9 Å². The van der Waals surface area contributed by atoms with Gasteiger partial charge in [0.05, 0.1) is 0 Å². The first-order chi connectivity index (χ1) is 7.33. The molecule has 0 saturated heterocycles. The normalized spacial score (nSPS) is 12.5. The number of rotatable bonds is 3. The van der Waals surface area contributed by atoms with Gasteiger partial charge in [0.25, 0.3) is 0 Å². The van der Waals surface area contributed by atoms with Crippen molar-refractivity contribution in [1.82, 2.24) is 0 Å². The molecule has 0 fully saturated rings. The zero-order chi connectivity index (χ0) is 12.8. The van der Waals surface area contributed by atoms with Gasteiger partial charge in [-0.2, -0.15) is 6.08 Å². The van der Waals surface area contributed by atoms with Crippen molar-refractivity contribution in [1.29, 1.82) is 5.16 Å². The van der Waals surface area contributed by atoms with Crippen LogP contribution in [0.4, 0.5) is 0 Å². The van der Waals surface area contributed by atoms with Crippen LogP contribution in [0.2, 0.25) is 0 Å². The molecule has 1 aliphatic carbocycles. The second-order valence-corrected chi connectivity index (χ2v) is 9.89. The predicted molar refractivity (Wildman–Crippen MR) is 76.6 cm³/mol. The second-order valence-electron chi connectivity index (χ2n) is 5.12. The van der Waals surface area contributed by atoms with E-state index >= 15 is 0 Å². The number of nitrogens with one attached hydrogen (secondary N) is 1. The van der Waals surface area contributed by atoms with E-state index in [1.807, 2.05) is 12.2 Å². The first-order valence-corrected chi connectivity index (χ1v) is 8.18. The van der Waals surface area contributed by atoms with Crippen molar-refractivity contribution < 1.29 is 46.5 Å². The van der Waals surface area contributed by atoms with Crippen LogP contribution in [0.1, 0.15) is 48.0 Å². The maximum Gasteiger partial charge on any atom is 3.00 e. The zero-order valence-corrected chi connectivity index (χ0v) is 16.8. The Bertz CT molecular complexity index is 261. The Hall–Kier alpha value is 1.00. The molecule has 0 saturated carbocycles. The number of hydrogen-bond acceptors (Lipinski definition) is 1. The summed E-state index contributed by atoms with van der Waals surface area (Å²) in [6.45, 7) is 13.2. The van der Waals surface area contributed by atoms with Gasteiger partial charge in [0, 0.05) is 0 Å². The van der Waals surface area contributed by atoms with E-state index in [1.165, 1.54) is 0 Å². The van der Waals surface area contributed by atoms with Crippen LogP contribution in [0.3, 0.4) is 0 Å². The molecular formula is C14H27Cl2NPTi. The number of hydrogen-bond donors (Lipinski definition) is 1. The molecule has 1 aliphatic rings. The van der Waals surface area contributed by atoms with E-state index in [-0.39, 0.29) is 46.5 Å². The molecule has 0 atom stereocenters. The predicted octanol–water partition coefficient (Wildman–Crippen LogP) is -0.697. The zero-order valence-electron chi connectivity index (χ0n) is 12.9. The third-order valence-electron chi connectivity index (χ3n) is 3.15. The molecule has 1 N–H and O–H groups in total. The summed E-state index contributed by atoms with van der Waals surface area (Å²) in [5, 5.41) is 8.40. The Morgan fingerprint density at radius 2 is 1.32 bits per heavy atom. The summed E-state index contributed by atoms with van der Waals surface area (Å²) in [6.07, 6.45) is 10.0. The maximum absolute atomic E-state index is 8.40. The summed E-state index contributed by atoms with van der Waals surface area (Å²) in [6, 6.07) is 0. The SMILES string of the molecule is CC(C)P(=N)(C(C)C)C(C)C.[C-]1=CC=CC1.[Cl-].[Cl-].[Ti+3]. The van der Waals surface area contributed by atoms with Gasteiger partial charge in [0.2, 0.25) is 0 Å². The minimum absolute atomic E-state index is 0. The largest absolute Gasteiger partial charge is 3.00 e. The van der Waals surface area contributed by atoms with Crippen LogP contribution in [-0.2, 0) is 21.7 Å². The van der Waals surface area contributed by atoms with Gasteiger partial charge in [-0.3, -0.25) is 6.08 Å². The molecule has 0 amide bonds. The molecule has 0 bridgehead atoms. The van der Waals surface area contributed by atoms with E-state index in [1.54, 1.807) is 0 Å². The van der Waals surface area contributed by atoms with Crippen LogP contribution in [0.25, 0.3) is 0 Å². The maximum atomic E-state index is 8.40. The van der Waals surface area contributed by atoms with Crippen LogP contribution in [0.15, 0.2) is 18.2 Å². The topological polar surface area (TPSA) is 23.9 Å². The summed E-state index contributed by atoms with van der Waals surface area (Å²) in [7, 11) is -1.44. The van der Waals surface area contributed by atoms with Crippen molar-refractivity contribution in [2.75, 3.05) is 0 Å². The van der Waals surface area contributed by atoms with Crippen LogP contribution < -0.4 is 24.8 Å². The van der Waals surface area contributed by atoms with Crippen LogP contribution in [0, 0.1) is 11.2 Å². The van der Waals surface area contributed by atoms with Gasteiger partial charge < -0.3 is 30.0 Å². The summed E-state index contributed by atoms with van der Waals surface area (Å²) in [4.78, 5) is 0. The fraction of sp³-hybridized carbons (Fsp3) is 0.714. The van der Waals surface area contributed by atoms with Gasteiger partial charge in [-0.05, 0) is 24.0 Å². The molecule has 0 spiro atoms. The van der Waals surface area contributed by atoms with Crippen LogP contribution in [-0.4, -0.2) is 17.0 Å². The first kappa shape index (κ1) is 28.2. The molecule has 0 aromatic rings. The second kappa shape index (κ2) is 14.0. The van der Waals surface area contributed by atoms with Gasteiger partial charge in [0.15, 0.2) is 0 Å². The van der Waals surface area contributed by atoms with Gasteiger partial charge in [-0.15, -0.1) is 6.42 Å². The van der Waals surface area contributed by atoms with Gasteiger partial charge in [0.1, 0.15) is 0 Å². The molecular weight excluding hydrogens is 332 g/mol. The van der Waals surface area contributed by atoms with E-state index in [0.29, 0.717) is 17.0 Å². The molecule has 0 aromatic heterocycles. The van der Waals surface area contributed by atoms with Crippen molar-refractivity contribution in [3.8, 4) is 0 Å². The Kier molecular flexibility index (Phi) is 20.7. The minimum Gasteiger partial charge on any atom is -1.00 e. The molecule has 1 rings (SSSR count). The minimum atomic E-state index is -1.44. The van der Waals surface area contributed by atoms with Crippen molar-refractivity contribution in [3.63, 3.8) is 0 Å². The van der Waals surface area contributed by atoms with E-state index < -0.39 is 7.05 Å². The van der Waals surface area contributed by atoms with Gasteiger partial charge >= 0.3 is 21.7 Å². The Morgan fingerprint density at radius 3 is 1.37 bits per heavy atom. The van der Waals surface area contributed by atoms with E-state index in [9.17, 15) is 0 Å². The summed E-state index contributed by atoms with van der Waals surface area (Å²) in [5.74, 6) is 0. The third-order valence-corrected chi connectivity index (χ3v) is 8.28. The van der Waals surface area contributed by atoms with Crippen molar-refractivity contribution in [3.05, 3.63) is 24.3 Å². The van der Waals surface area contributed by atoms with Gasteiger partial charge in [-0.1, -0.05) is 41.5 Å². The van der Waals surface area contributed by atoms with Crippen LogP contribution >= 0.6 is 7.05 Å². The molecule has 1 radical (unpaired) electrons. The fourth-order valence-electron chi connectivity index (χ4n) is 2.13. The molecule has 0 aliphatic heterocycles. The molecule has 111 valence electrons. The number of allylic oxidation sites excluding steroid dienone is 4. The number of halogens is 2. The average Bonchev–Trinajstić information content (AvgIpc) is 2.73. The molecule has 19 heavy (non-hydrogen) atoms. The smallest absolute Gasteiger partial charge is 1.00 e. The summed E-state index contributed by atoms with van der Waals surface area (Å²) >= 11 is 0. The summed E-state index contributed by atoms with van der Waals surface area (Å²) in [5.41, 5.74) is 1.67. The fourth-order valence-corrected chi connectivity index (χ4v) is 5.71. The molecule has 5 heteroatoms. The van der Waals surface area contributed by atoms with E-state index in [4.69, 9.17) is 5.16 Å². The first-order valence-electron chi connectivity index (χ1n) is 6.18. The molecule has 0 unspecified atom stereocenters.